The molecular formula is C6H11O2P. The highest BCUT2D eigenvalue weighted by atomic mass is 31.0. The smallest absolute Gasteiger partial charge is 0.122 e. The van der Waals surface area contributed by atoms with E-state index < -0.39 is 0 Å². The highest BCUT2D eigenvalue weighted by Crippen LogP contribution is 2.10. The van der Waals surface area contributed by atoms with Crippen molar-refractivity contribution in [1.29, 1.82) is 0 Å². The van der Waals surface area contributed by atoms with Gasteiger partial charge in [0.25, 0.3) is 0 Å². The fourth-order valence-electron chi connectivity index (χ4n) is 0.815. The van der Waals surface area contributed by atoms with Crippen molar-refractivity contribution in [3.63, 3.8) is 0 Å². The first-order chi connectivity index (χ1) is 4.43. The van der Waals surface area contributed by atoms with Crippen LogP contribution in [-0.4, -0.2) is 12.7 Å². The topological polar surface area (TPSA) is 18.5 Å². The summed E-state index contributed by atoms with van der Waals surface area (Å²) in [7, 11) is 2.22. The largest absolute Gasteiger partial charge is 0.496 e. The van der Waals surface area contributed by atoms with Crippen molar-refractivity contribution in [3.05, 3.63) is 12.3 Å². The molecule has 2 atom stereocenters. The van der Waals surface area contributed by atoms with Crippen molar-refractivity contribution >= 4 is 9.47 Å². The van der Waals surface area contributed by atoms with Crippen LogP contribution < -0.4 is 0 Å². The molecule has 3 heteroatoms. The molecule has 1 aliphatic rings. The number of hydrogen-bond donors (Lipinski definition) is 0. The lowest BCUT2D eigenvalue weighted by Crippen LogP contribution is -2.17. The monoisotopic (exact) mass is 146 g/mol. The quantitative estimate of drug-likeness (QED) is 0.549. The number of rotatable bonds is 2. The number of hydrogen-bond acceptors (Lipinski definition) is 2. The maximum Gasteiger partial charge on any atom is 0.122 e. The van der Waals surface area contributed by atoms with Gasteiger partial charge < -0.3 is 9.26 Å². The Morgan fingerprint density at radius 3 is 3.22 bits per heavy atom. The van der Waals surface area contributed by atoms with Gasteiger partial charge in [-0.05, 0) is 18.9 Å². The van der Waals surface area contributed by atoms with E-state index in [1.165, 1.54) is 0 Å². The lowest BCUT2D eigenvalue weighted by atomic mass is 10.2. The van der Waals surface area contributed by atoms with Gasteiger partial charge in [-0.15, -0.1) is 0 Å². The highest BCUT2D eigenvalue weighted by Gasteiger charge is 2.08. The van der Waals surface area contributed by atoms with Crippen molar-refractivity contribution in [2.75, 3.05) is 6.61 Å². The van der Waals surface area contributed by atoms with Crippen LogP contribution in [0.1, 0.15) is 12.8 Å². The summed E-state index contributed by atoms with van der Waals surface area (Å²) in [5, 5.41) is 0. The average molecular weight is 146 g/mol. The summed E-state index contributed by atoms with van der Waals surface area (Å²) >= 11 is 0. The van der Waals surface area contributed by atoms with Gasteiger partial charge in [-0.3, -0.25) is 0 Å². The molecule has 0 radical (unpaired) electrons. The molecule has 0 amide bonds. The van der Waals surface area contributed by atoms with Crippen molar-refractivity contribution in [3.8, 4) is 0 Å². The van der Waals surface area contributed by atoms with E-state index in [2.05, 4.69) is 9.47 Å². The van der Waals surface area contributed by atoms with Crippen LogP contribution in [0.4, 0.5) is 0 Å². The molecule has 1 heterocycles. The first-order valence-corrected chi connectivity index (χ1v) is 3.53. The average Bonchev–Trinajstić information content (AvgIpc) is 1.91. The summed E-state index contributed by atoms with van der Waals surface area (Å²) < 4.78 is 10.0. The zero-order valence-electron chi connectivity index (χ0n) is 5.25. The molecule has 52 valence electrons. The molecule has 0 aromatic heterocycles. The van der Waals surface area contributed by atoms with E-state index in [4.69, 9.17) is 9.26 Å². The van der Waals surface area contributed by atoms with Gasteiger partial charge >= 0.3 is 0 Å². The first-order valence-electron chi connectivity index (χ1n) is 3.05. The van der Waals surface area contributed by atoms with Crippen LogP contribution in [0.25, 0.3) is 0 Å². The Bertz CT molecular complexity index is 103. The molecule has 0 aromatic carbocycles. The van der Waals surface area contributed by atoms with Crippen LogP contribution in [0.2, 0.25) is 0 Å². The number of allylic oxidation sites excluding steroid dienone is 1. The molecule has 0 spiro atoms. The molecule has 0 N–H and O–H groups in total. The third kappa shape index (κ3) is 2.33. The molecule has 2 unspecified atom stereocenters. The third-order valence-electron chi connectivity index (χ3n) is 1.30. The fourth-order valence-corrected chi connectivity index (χ4v) is 1.03. The Morgan fingerprint density at radius 1 is 1.78 bits per heavy atom. The van der Waals surface area contributed by atoms with Gasteiger partial charge in [0.15, 0.2) is 0 Å². The van der Waals surface area contributed by atoms with E-state index in [1.807, 2.05) is 6.08 Å². The van der Waals surface area contributed by atoms with Gasteiger partial charge in [0.2, 0.25) is 0 Å². The van der Waals surface area contributed by atoms with Gasteiger partial charge in [-0.2, -0.15) is 0 Å². The lowest BCUT2D eigenvalue weighted by Gasteiger charge is -2.17. The molecule has 0 bridgehead atoms. The zero-order chi connectivity index (χ0) is 6.53. The van der Waals surface area contributed by atoms with Crippen LogP contribution >= 0.6 is 9.47 Å². The molecule has 9 heavy (non-hydrogen) atoms. The Hall–Kier alpha value is -0.0700. The van der Waals surface area contributed by atoms with Crippen LogP contribution in [0, 0.1) is 0 Å². The third-order valence-corrected chi connectivity index (χ3v) is 1.50. The van der Waals surface area contributed by atoms with Crippen molar-refractivity contribution in [2.24, 2.45) is 0 Å². The second-order valence-electron chi connectivity index (χ2n) is 2.04. The molecule has 0 aliphatic carbocycles. The molecule has 1 rings (SSSR count). The number of ether oxygens (including phenoxy) is 1. The SMILES string of the molecule is POCC1CCC=CO1. The minimum absolute atomic E-state index is 0.271. The summed E-state index contributed by atoms with van der Waals surface area (Å²) in [6.07, 6.45) is 6.23. The standard InChI is InChI=1S/C6H11O2P/c9-8-5-6-3-1-2-4-7-6/h2,4,6H,1,3,5,9H2. The summed E-state index contributed by atoms with van der Waals surface area (Å²) in [6.45, 7) is 0.676. The molecule has 1 aliphatic heterocycles. The molecular weight excluding hydrogens is 135 g/mol. The minimum Gasteiger partial charge on any atom is -0.496 e. The Labute approximate surface area is 57.5 Å². The molecule has 0 saturated carbocycles. The highest BCUT2D eigenvalue weighted by molar-refractivity contribution is 7.09. The van der Waals surface area contributed by atoms with Crippen molar-refractivity contribution < 1.29 is 9.26 Å². The maximum atomic E-state index is 5.20. The van der Waals surface area contributed by atoms with Crippen LogP contribution in [-0.2, 0) is 9.26 Å². The van der Waals surface area contributed by atoms with E-state index in [0.717, 1.165) is 12.8 Å². The maximum absolute atomic E-state index is 5.20. The second kappa shape index (κ2) is 3.86. The lowest BCUT2D eigenvalue weighted by molar-refractivity contribution is 0.0808. The Kier molecular flexibility index (Phi) is 3.02. The van der Waals surface area contributed by atoms with E-state index in [-0.39, 0.29) is 6.10 Å². The van der Waals surface area contributed by atoms with E-state index in [0.29, 0.717) is 6.61 Å². The first kappa shape index (κ1) is 7.04. The Balaban J connectivity index is 2.18. The molecule has 0 aromatic rings. The van der Waals surface area contributed by atoms with Crippen molar-refractivity contribution in [1.82, 2.24) is 0 Å². The van der Waals surface area contributed by atoms with E-state index in [1.54, 1.807) is 6.26 Å². The molecule has 0 saturated heterocycles. The van der Waals surface area contributed by atoms with E-state index >= 15 is 0 Å². The Morgan fingerprint density at radius 2 is 2.67 bits per heavy atom. The summed E-state index contributed by atoms with van der Waals surface area (Å²) in [5.74, 6) is 0. The van der Waals surface area contributed by atoms with Crippen molar-refractivity contribution in [2.45, 2.75) is 18.9 Å². The van der Waals surface area contributed by atoms with Gasteiger partial charge in [-0.25, -0.2) is 0 Å². The summed E-state index contributed by atoms with van der Waals surface area (Å²) in [5.41, 5.74) is 0. The van der Waals surface area contributed by atoms with Gasteiger partial charge in [0, 0.05) is 9.47 Å². The fraction of sp³-hybridized carbons (Fsp3) is 0.667. The predicted molar refractivity (Wildman–Crippen MR) is 38.9 cm³/mol. The molecule has 2 nitrogen and oxygen atoms in total. The molecule has 0 fully saturated rings. The van der Waals surface area contributed by atoms with Crippen LogP contribution in [0.5, 0.6) is 0 Å². The van der Waals surface area contributed by atoms with Gasteiger partial charge in [0.05, 0.1) is 12.9 Å². The second-order valence-corrected chi connectivity index (χ2v) is 2.37. The summed E-state index contributed by atoms with van der Waals surface area (Å²) in [4.78, 5) is 0. The normalized spacial score (nSPS) is 25.7. The van der Waals surface area contributed by atoms with E-state index in [9.17, 15) is 0 Å². The van der Waals surface area contributed by atoms with Crippen LogP contribution in [0.3, 0.4) is 0 Å². The van der Waals surface area contributed by atoms with Gasteiger partial charge in [-0.1, -0.05) is 0 Å². The van der Waals surface area contributed by atoms with Gasteiger partial charge in [0.1, 0.15) is 6.10 Å². The predicted octanol–water partition coefficient (Wildman–Crippen LogP) is 1.49. The minimum atomic E-state index is 0.271. The summed E-state index contributed by atoms with van der Waals surface area (Å²) in [6, 6.07) is 0. The zero-order valence-corrected chi connectivity index (χ0v) is 6.40. The van der Waals surface area contributed by atoms with Crippen LogP contribution in [0.15, 0.2) is 12.3 Å².